The van der Waals surface area contributed by atoms with Crippen LogP contribution in [0.15, 0.2) is 21.1 Å². The second kappa shape index (κ2) is 8.92. The number of nitrogens with zero attached hydrogens (tertiary/aromatic N) is 3. The van der Waals surface area contributed by atoms with Crippen LogP contribution in [0, 0.1) is 27.7 Å². The van der Waals surface area contributed by atoms with Gasteiger partial charge in [-0.15, -0.1) is 0 Å². The quantitative estimate of drug-likeness (QED) is 0.485. The summed E-state index contributed by atoms with van der Waals surface area (Å²) in [7, 11) is 0. The van der Waals surface area contributed by atoms with Gasteiger partial charge in [-0.2, -0.15) is 4.98 Å². The van der Waals surface area contributed by atoms with Crippen LogP contribution < -0.4 is 0 Å². The highest BCUT2D eigenvalue weighted by Gasteiger charge is 2.17. The molecule has 0 bridgehead atoms. The number of fused-ring (bicyclic) bond motifs is 1. The minimum absolute atomic E-state index is 0.532. The van der Waals surface area contributed by atoms with Gasteiger partial charge in [-0.3, -0.25) is 4.98 Å². The lowest BCUT2D eigenvalue weighted by Crippen LogP contribution is -1.96. The van der Waals surface area contributed by atoms with Crippen molar-refractivity contribution in [1.82, 2.24) is 15.1 Å². The summed E-state index contributed by atoms with van der Waals surface area (Å²) >= 11 is 3.54. The molecular weight excluding hydrogens is 366 g/mol. The molecule has 24 heavy (non-hydrogen) atoms. The first-order chi connectivity index (χ1) is 11.5. The van der Waals surface area contributed by atoms with Gasteiger partial charge in [0.1, 0.15) is 0 Å². The summed E-state index contributed by atoms with van der Waals surface area (Å²) in [5, 5.41) is 4.97. The third-order valence-corrected chi connectivity index (χ3v) is 3.88. The number of rotatable bonds is 1. The molecule has 3 rings (SSSR count). The second-order valence-corrected chi connectivity index (χ2v) is 5.88. The van der Waals surface area contributed by atoms with Crippen molar-refractivity contribution in [2.45, 2.75) is 55.4 Å². The molecule has 1 aromatic carbocycles. The smallest absolute Gasteiger partial charge is 0.260 e. The number of halogens is 1. The van der Waals surface area contributed by atoms with E-state index in [1.165, 1.54) is 0 Å². The lowest BCUT2D eigenvalue weighted by molar-refractivity contribution is 0.425. The van der Waals surface area contributed by atoms with E-state index in [-0.39, 0.29) is 0 Å². The molecule has 0 aliphatic heterocycles. The van der Waals surface area contributed by atoms with Crippen LogP contribution in [0.1, 0.15) is 50.3 Å². The van der Waals surface area contributed by atoms with Gasteiger partial charge in [0.15, 0.2) is 5.82 Å². The molecule has 0 saturated heterocycles. The van der Waals surface area contributed by atoms with Gasteiger partial charge < -0.3 is 4.52 Å². The molecule has 0 saturated carbocycles. The number of aromatic nitrogens is 3. The Morgan fingerprint density at radius 3 is 2.08 bits per heavy atom. The van der Waals surface area contributed by atoms with Crippen LogP contribution in [0.4, 0.5) is 0 Å². The third kappa shape index (κ3) is 4.01. The molecule has 130 valence electrons. The van der Waals surface area contributed by atoms with Crippen molar-refractivity contribution in [1.29, 1.82) is 0 Å². The summed E-state index contributed by atoms with van der Waals surface area (Å²) in [5.74, 6) is 1.16. The molecular formula is C19H26BrN3O. The molecule has 5 heteroatoms. The van der Waals surface area contributed by atoms with E-state index in [4.69, 9.17) is 9.51 Å². The summed E-state index contributed by atoms with van der Waals surface area (Å²) in [5.41, 5.74) is 5.11. The van der Waals surface area contributed by atoms with Gasteiger partial charge in [0.25, 0.3) is 5.89 Å². The fourth-order valence-electron chi connectivity index (χ4n) is 2.51. The minimum atomic E-state index is 0.532. The summed E-state index contributed by atoms with van der Waals surface area (Å²) in [6.45, 7) is 15.9. The summed E-state index contributed by atoms with van der Waals surface area (Å²) < 4.78 is 6.35. The fraction of sp³-hybridized carbons (Fsp3) is 0.421. The highest BCUT2D eigenvalue weighted by molar-refractivity contribution is 9.10. The minimum Gasteiger partial charge on any atom is -0.334 e. The lowest BCUT2D eigenvalue weighted by Gasteiger charge is -2.11. The third-order valence-electron chi connectivity index (χ3n) is 3.43. The van der Waals surface area contributed by atoms with Crippen molar-refractivity contribution in [3.05, 3.63) is 39.3 Å². The largest absolute Gasteiger partial charge is 0.334 e. The van der Waals surface area contributed by atoms with E-state index in [0.29, 0.717) is 11.7 Å². The van der Waals surface area contributed by atoms with Crippen molar-refractivity contribution in [2.24, 2.45) is 0 Å². The average molecular weight is 392 g/mol. The molecule has 4 nitrogen and oxygen atoms in total. The fourth-order valence-corrected chi connectivity index (χ4v) is 3.09. The van der Waals surface area contributed by atoms with Gasteiger partial charge in [0, 0.05) is 9.86 Å². The van der Waals surface area contributed by atoms with Crippen LogP contribution in [0.3, 0.4) is 0 Å². The Kier molecular flexibility index (Phi) is 7.55. The molecule has 0 spiro atoms. The number of aryl methyl sites for hydroxylation is 4. The molecule has 0 aliphatic rings. The predicted molar refractivity (Wildman–Crippen MR) is 104 cm³/mol. The van der Waals surface area contributed by atoms with E-state index >= 15 is 0 Å². The summed E-state index contributed by atoms with van der Waals surface area (Å²) in [6.07, 6.45) is 0. The standard InChI is InChI=1S/C15H14BrN3O.2C2H6/c1-7-5-11(16)6-12-8(2)13(9(3)17-14(7)12)15-18-10(4)19-20-15;2*1-2/h5-6H,1-4H3;2*1-2H3. The summed E-state index contributed by atoms with van der Waals surface area (Å²) in [4.78, 5) is 9.04. The maximum atomic E-state index is 5.31. The topological polar surface area (TPSA) is 51.8 Å². The molecule has 0 N–H and O–H groups in total. The van der Waals surface area contributed by atoms with Crippen LogP contribution in [0.5, 0.6) is 0 Å². The Morgan fingerprint density at radius 2 is 1.54 bits per heavy atom. The van der Waals surface area contributed by atoms with Crippen molar-refractivity contribution < 1.29 is 4.52 Å². The zero-order valence-electron chi connectivity index (χ0n) is 15.8. The zero-order valence-corrected chi connectivity index (χ0v) is 17.4. The predicted octanol–water partition coefficient (Wildman–Crippen LogP) is 6.33. The van der Waals surface area contributed by atoms with Crippen molar-refractivity contribution >= 4 is 26.8 Å². The van der Waals surface area contributed by atoms with Gasteiger partial charge in [0.05, 0.1) is 16.8 Å². The van der Waals surface area contributed by atoms with Crippen molar-refractivity contribution in [2.75, 3.05) is 0 Å². The molecule has 0 aliphatic carbocycles. The first-order valence-corrected chi connectivity index (χ1v) is 9.14. The van der Waals surface area contributed by atoms with Gasteiger partial charge in [-0.05, 0) is 51.0 Å². The molecule has 2 heterocycles. The molecule has 0 unspecified atom stereocenters. The van der Waals surface area contributed by atoms with Gasteiger partial charge in [0.2, 0.25) is 0 Å². The molecule has 0 atom stereocenters. The lowest BCUT2D eigenvalue weighted by atomic mass is 10.00. The Labute approximate surface area is 152 Å². The highest BCUT2D eigenvalue weighted by atomic mass is 79.9. The van der Waals surface area contributed by atoms with Gasteiger partial charge >= 0.3 is 0 Å². The highest BCUT2D eigenvalue weighted by Crippen LogP contribution is 2.33. The van der Waals surface area contributed by atoms with E-state index in [1.807, 2.05) is 41.5 Å². The molecule has 0 fully saturated rings. The normalized spacial score (nSPS) is 9.88. The Balaban J connectivity index is 0.000000671. The van der Waals surface area contributed by atoms with Crippen LogP contribution in [-0.4, -0.2) is 15.1 Å². The summed E-state index contributed by atoms with van der Waals surface area (Å²) in [6, 6.07) is 4.15. The Morgan fingerprint density at radius 1 is 0.917 bits per heavy atom. The maximum Gasteiger partial charge on any atom is 0.260 e. The molecule has 0 amide bonds. The number of pyridine rings is 1. The Hall–Kier alpha value is -1.75. The maximum absolute atomic E-state index is 5.31. The number of hydrogen-bond donors (Lipinski definition) is 0. The molecule has 2 aromatic heterocycles. The Bertz CT molecular complexity index is 825. The van der Waals surface area contributed by atoms with Crippen LogP contribution >= 0.6 is 15.9 Å². The zero-order chi connectivity index (χ0) is 18.4. The van der Waals surface area contributed by atoms with E-state index in [2.05, 4.69) is 52.1 Å². The van der Waals surface area contributed by atoms with Crippen LogP contribution in [-0.2, 0) is 0 Å². The van der Waals surface area contributed by atoms with E-state index in [9.17, 15) is 0 Å². The number of hydrogen-bond acceptors (Lipinski definition) is 4. The monoisotopic (exact) mass is 391 g/mol. The van der Waals surface area contributed by atoms with E-state index in [0.717, 1.165) is 37.8 Å². The second-order valence-electron chi connectivity index (χ2n) is 4.96. The number of benzene rings is 1. The van der Waals surface area contributed by atoms with Gasteiger partial charge in [-0.25, -0.2) is 0 Å². The SMILES string of the molecule is CC.CC.Cc1noc(-c2c(C)nc3c(C)cc(Br)cc3c2C)n1. The first kappa shape index (κ1) is 20.3. The van der Waals surface area contributed by atoms with E-state index < -0.39 is 0 Å². The van der Waals surface area contributed by atoms with Gasteiger partial charge in [-0.1, -0.05) is 48.8 Å². The average Bonchev–Trinajstić information content (AvgIpc) is 2.99. The first-order valence-electron chi connectivity index (χ1n) is 8.35. The van der Waals surface area contributed by atoms with Crippen LogP contribution in [0.2, 0.25) is 0 Å². The van der Waals surface area contributed by atoms with Crippen molar-refractivity contribution in [3.8, 4) is 11.5 Å². The van der Waals surface area contributed by atoms with Crippen LogP contribution in [0.25, 0.3) is 22.4 Å². The molecule has 0 radical (unpaired) electrons. The van der Waals surface area contributed by atoms with Crippen molar-refractivity contribution in [3.63, 3.8) is 0 Å². The molecule has 3 aromatic rings. The van der Waals surface area contributed by atoms with E-state index in [1.54, 1.807) is 0 Å².